The van der Waals surface area contributed by atoms with Crippen molar-refractivity contribution >= 4 is 28.5 Å². The molecular formula is C11H11F3N4O2. The Bertz CT molecular complexity index is 678. The number of nitrogens with two attached hydrogens (primary N) is 2. The average molecular weight is 288 g/mol. The van der Waals surface area contributed by atoms with E-state index >= 15 is 0 Å². The summed E-state index contributed by atoms with van der Waals surface area (Å²) >= 11 is 0. The second-order valence-electron chi connectivity index (χ2n) is 3.96. The van der Waals surface area contributed by atoms with Crippen molar-refractivity contribution in [3.05, 3.63) is 17.7 Å². The summed E-state index contributed by atoms with van der Waals surface area (Å²) in [5.41, 5.74) is 9.99. The van der Waals surface area contributed by atoms with Gasteiger partial charge >= 0.3 is 12.3 Å². The maximum atomic E-state index is 12.7. The zero-order valence-electron chi connectivity index (χ0n) is 10.4. The second kappa shape index (κ2) is 4.58. The quantitative estimate of drug-likeness (QED) is 0.784. The lowest BCUT2D eigenvalue weighted by molar-refractivity contribution is -0.137. The van der Waals surface area contributed by atoms with Gasteiger partial charge in [0.25, 0.3) is 0 Å². The van der Waals surface area contributed by atoms with E-state index in [4.69, 9.17) is 16.2 Å². The molecule has 0 aliphatic rings. The van der Waals surface area contributed by atoms with Crippen molar-refractivity contribution < 1.29 is 22.7 Å². The molecule has 1 aromatic heterocycles. The number of carbonyl (C=O) groups excluding carboxylic acids is 1. The molecule has 4 N–H and O–H groups in total. The molecule has 0 fully saturated rings. The van der Waals surface area contributed by atoms with E-state index < -0.39 is 17.8 Å². The van der Waals surface area contributed by atoms with Crippen molar-refractivity contribution in [2.24, 2.45) is 0 Å². The van der Waals surface area contributed by atoms with Crippen LogP contribution in [0.2, 0.25) is 0 Å². The normalized spacial score (nSPS) is 11.8. The Morgan fingerprint density at radius 3 is 2.60 bits per heavy atom. The number of benzene rings is 1. The summed E-state index contributed by atoms with van der Waals surface area (Å²) in [6.45, 7) is 1.66. The predicted molar refractivity (Wildman–Crippen MR) is 66.0 cm³/mol. The Labute approximate surface area is 111 Å². The van der Waals surface area contributed by atoms with Crippen LogP contribution in [-0.2, 0) is 10.9 Å². The summed E-state index contributed by atoms with van der Waals surface area (Å²) in [5.74, 6) is -0.253. The van der Waals surface area contributed by atoms with Crippen molar-refractivity contribution in [3.63, 3.8) is 0 Å². The lowest BCUT2D eigenvalue weighted by Gasteiger charge is -2.07. The highest BCUT2D eigenvalue weighted by atomic mass is 19.4. The molecule has 20 heavy (non-hydrogen) atoms. The number of ether oxygens (including phenoxy) is 1. The van der Waals surface area contributed by atoms with Crippen LogP contribution >= 0.6 is 0 Å². The number of alkyl halides is 3. The van der Waals surface area contributed by atoms with Gasteiger partial charge < -0.3 is 16.2 Å². The predicted octanol–water partition coefficient (Wildman–Crippen LogP) is 2.22. The minimum Gasteiger partial charge on any atom is -0.448 e. The molecular weight excluding hydrogens is 277 g/mol. The van der Waals surface area contributed by atoms with Gasteiger partial charge in [-0.1, -0.05) is 0 Å². The van der Waals surface area contributed by atoms with Gasteiger partial charge in [-0.05, 0) is 19.1 Å². The van der Waals surface area contributed by atoms with Crippen LogP contribution in [0.5, 0.6) is 0 Å². The molecule has 2 rings (SSSR count). The van der Waals surface area contributed by atoms with Crippen LogP contribution < -0.4 is 11.5 Å². The summed E-state index contributed by atoms with van der Waals surface area (Å²) < 4.78 is 43.5. The first-order valence-electron chi connectivity index (χ1n) is 5.57. The van der Waals surface area contributed by atoms with Gasteiger partial charge in [-0.25, -0.2) is 4.79 Å². The van der Waals surface area contributed by atoms with E-state index in [2.05, 4.69) is 5.10 Å². The van der Waals surface area contributed by atoms with Gasteiger partial charge in [0, 0.05) is 5.39 Å². The standard InChI is InChI=1S/C11H11F3N4O2/c1-2-20-10(19)18-9(16)6-3-5(11(12,13)14)4-7(15)8(6)17-18/h3-4H,2,15-16H2,1H3. The summed E-state index contributed by atoms with van der Waals surface area (Å²) in [4.78, 5) is 11.6. The highest BCUT2D eigenvalue weighted by Gasteiger charge is 2.32. The molecule has 0 saturated carbocycles. The molecule has 0 amide bonds. The number of rotatable bonds is 1. The number of hydrogen-bond donors (Lipinski definition) is 2. The number of halogens is 3. The van der Waals surface area contributed by atoms with Crippen molar-refractivity contribution in [3.8, 4) is 0 Å². The number of nitrogen functional groups attached to an aromatic ring is 2. The molecule has 0 saturated heterocycles. The average Bonchev–Trinajstić information content (AvgIpc) is 2.67. The lowest BCUT2D eigenvalue weighted by Crippen LogP contribution is -2.17. The summed E-state index contributed by atoms with van der Waals surface area (Å²) in [6, 6.07) is 1.54. The third-order valence-corrected chi connectivity index (χ3v) is 2.61. The topological polar surface area (TPSA) is 96.2 Å². The van der Waals surface area contributed by atoms with E-state index in [1.165, 1.54) is 0 Å². The second-order valence-corrected chi connectivity index (χ2v) is 3.96. The number of fused-ring (bicyclic) bond motifs is 1. The molecule has 1 aromatic carbocycles. The Morgan fingerprint density at radius 2 is 2.05 bits per heavy atom. The van der Waals surface area contributed by atoms with E-state index in [-0.39, 0.29) is 29.0 Å². The minimum absolute atomic E-state index is 0.0172. The van der Waals surface area contributed by atoms with Crippen molar-refractivity contribution in [2.45, 2.75) is 13.1 Å². The van der Waals surface area contributed by atoms with Gasteiger partial charge in [0.05, 0.1) is 17.9 Å². The van der Waals surface area contributed by atoms with Gasteiger partial charge in [0.15, 0.2) is 0 Å². The number of carbonyl (C=O) groups is 1. The first kappa shape index (κ1) is 14.0. The molecule has 0 spiro atoms. The minimum atomic E-state index is -4.57. The van der Waals surface area contributed by atoms with Gasteiger partial charge in [-0.2, -0.15) is 18.3 Å². The fraction of sp³-hybridized carbons (Fsp3) is 0.273. The fourth-order valence-electron chi connectivity index (χ4n) is 1.72. The van der Waals surface area contributed by atoms with E-state index in [0.717, 1.165) is 12.1 Å². The molecule has 0 unspecified atom stereocenters. The first-order valence-corrected chi connectivity index (χ1v) is 5.57. The maximum absolute atomic E-state index is 12.7. The van der Waals surface area contributed by atoms with Crippen LogP contribution in [0, 0.1) is 0 Å². The van der Waals surface area contributed by atoms with E-state index in [9.17, 15) is 18.0 Å². The molecule has 2 aromatic rings. The summed E-state index contributed by atoms with van der Waals surface area (Å²) in [7, 11) is 0. The van der Waals surface area contributed by atoms with E-state index in [1.54, 1.807) is 6.92 Å². The maximum Gasteiger partial charge on any atom is 0.436 e. The Kier molecular flexibility index (Phi) is 3.20. The largest absolute Gasteiger partial charge is 0.448 e. The smallest absolute Gasteiger partial charge is 0.436 e. The summed E-state index contributed by atoms with van der Waals surface area (Å²) in [5, 5.41) is 3.73. The monoisotopic (exact) mass is 288 g/mol. The third-order valence-electron chi connectivity index (χ3n) is 2.61. The van der Waals surface area contributed by atoms with Crippen LogP contribution in [0.15, 0.2) is 12.1 Å². The van der Waals surface area contributed by atoms with Crippen molar-refractivity contribution in [2.75, 3.05) is 18.1 Å². The van der Waals surface area contributed by atoms with Gasteiger partial charge in [-0.3, -0.25) is 0 Å². The molecule has 1 heterocycles. The van der Waals surface area contributed by atoms with Crippen LogP contribution in [0.4, 0.5) is 29.5 Å². The molecule has 9 heteroatoms. The van der Waals surface area contributed by atoms with Gasteiger partial charge in [0.2, 0.25) is 0 Å². The third kappa shape index (κ3) is 2.22. The number of nitrogens with zero attached hydrogens (tertiary/aromatic N) is 2. The summed E-state index contributed by atoms with van der Waals surface area (Å²) in [6.07, 6.45) is -5.45. The van der Waals surface area contributed by atoms with Gasteiger partial charge in [-0.15, -0.1) is 4.68 Å². The Hall–Kier alpha value is -2.45. The molecule has 6 nitrogen and oxygen atoms in total. The van der Waals surface area contributed by atoms with Crippen molar-refractivity contribution in [1.82, 2.24) is 9.78 Å². The lowest BCUT2D eigenvalue weighted by atomic mass is 10.1. The fourth-order valence-corrected chi connectivity index (χ4v) is 1.72. The molecule has 0 bridgehead atoms. The first-order chi connectivity index (χ1) is 9.25. The zero-order valence-corrected chi connectivity index (χ0v) is 10.4. The Balaban J connectivity index is 2.66. The van der Waals surface area contributed by atoms with Gasteiger partial charge in [0.1, 0.15) is 11.3 Å². The number of aromatic nitrogens is 2. The number of hydrogen-bond acceptors (Lipinski definition) is 5. The number of anilines is 2. The molecule has 0 radical (unpaired) electrons. The Morgan fingerprint density at radius 1 is 1.40 bits per heavy atom. The van der Waals surface area contributed by atoms with Crippen molar-refractivity contribution in [1.29, 1.82) is 0 Å². The molecule has 0 aliphatic carbocycles. The highest BCUT2D eigenvalue weighted by Crippen LogP contribution is 2.35. The van der Waals surface area contributed by atoms with Crippen LogP contribution in [0.1, 0.15) is 12.5 Å². The van der Waals surface area contributed by atoms with Crippen LogP contribution in [-0.4, -0.2) is 22.5 Å². The van der Waals surface area contributed by atoms with E-state index in [1.807, 2.05) is 0 Å². The zero-order chi connectivity index (χ0) is 15.1. The van der Waals surface area contributed by atoms with Crippen LogP contribution in [0.25, 0.3) is 10.9 Å². The molecule has 0 aliphatic heterocycles. The highest BCUT2D eigenvalue weighted by molar-refractivity contribution is 5.99. The molecule has 108 valence electrons. The van der Waals surface area contributed by atoms with Crippen LogP contribution in [0.3, 0.4) is 0 Å². The molecule has 0 atom stereocenters. The SMILES string of the molecule is CCOC(=O)n1nc2c(N)cc(C(F)(F)F)cc2c1N. The van der Waals surface area contributed by atoms with E-state index in [0.29, 0.717) is 4.68 Å².